The number of Topliss-reactive ketones (excluding diaryl/α,β-unsaturated/α-hetero) is 1. The molecule has 9 heteroatoms. The molecular formula is C24H27AsN6O2. The number of fused-ring (bicyclic) bond motifs is 3. The summed E-state index contributed by atoms with van der Waals surface area (Å²) in [6.07, 6.45) is 2.60. The van der Waals surface area contributed by atoms with Crippen LogP contribution in [0.4, 0.5) is 11.5 Å². The first-order valence-electron chi connectivity index (χ1n) is 12.5. The van der Waals surface area contributed by atoms with E-state index in [1.54, 1.807) is 10.9 Å². The van der Waals surface area contributed by atoms with Gasteiger partial charge in [0.15, 0.2) is 0 Å². The van der Waals surface area contributed by atoms with Crippen molar-refractivity contribution in [3.63, 3.8) is 0 Å². The van der Waals surface area contributed by atoms with E-state index >= 15 is 0 Å². The van der Waals surface area contributed by atoms with Gasteiger partial charge in [0.2, 0.25) is 0 Å². The van der Waals surface area contributed by atoms with E-state index in [1.165, 1.54) is 6.20 Å². The number of aromatic nitrogens is 4. The molecule has 1 saturated carbocycles. The molecule has 1 unspecified atom stereocenters. The summed E-state index contributed by atoms with van der Waals surface area (Å²) < 4.78 is 24.5. The summed E-state index contributed by atoms with van der Waals surface area (Å²) in [6, 6.07) is 7.83. The molecule has 1 amide bonds. The molecule has 2 aromatic heterocycles. The second-order valence-corrected chi connectivity index (χ2v) is 11.1. The van der Waals surface area contributed by atoms with Crippen molar-refractivity contribution < 1.29 is 13.7 Å². The van der Waals surface area contributed by atoms with Crippen molar-refractivity contribution in [2.75, 3.05) is 16.8 Å². The zero-order valence-electron chi connectivity index (χ0n) is 21.6. The number of rotatable bonds is 7. The van der Waals surface area contributed by atoms with E-state index in [4.69, 9.17) is 4.11 Å². The van der Waals surface area contributed by atoms with Crippen LogP contribution in [-0.2, 0) is 18.4 Å². The van der Waals surface area contributed by atoms with Gasteiger partial charge in [-0.15, -0.1) is 0 Å². The van der Waals surface area contributed by atoms with Crippen molar-refractivity contribution in [1.82, 2.24) is 20.0 Å². The Morgan fingerprint density at radius 3 is 2.88 bits per heavy atom. The van der Waals surface area contributed by atoms with Crippen LogP contribution in [-0.4, -0.2) is 54.0 Å². The van der Waals surface area contributed by atoms with Gasteiger partial charge >= 0.3 is 204 Å². The molecule has 1 aliphatic heterocycles. The summed E-state index contributed by atoms with van der Waals surface area (Å²) in [5.74, 6) is -0.123. The van der Waals surface area contributed by atoms with Gasteiger partial charge in [-0.25, -0.2) is 0 Å². The zero-order valence-corrected chi connectivity index (χ0v) is 20.7. The van der Waals surface area contributed by atoms with Crippen LogP contribution >= 0.6 is 0 Å². The number of benzene rings is 1. The molecule has 1 fully saturated rings. The molecule has 1 N–H and O–H groups in total. The Hall–Kier alpha value is -2.99. The van der Waals surface area contributed by atoms with Crippen molar-refractivity contribution in [3.8, 4) is 11.3 Å². The van der Waals surface area contributed by atoms with Gasteiger partial charge in [-0.1, -0.05) is 0 Å². The molecule has 5 rings (SSSR count). The first-order valence-corrected chi connectivity index (χ1v) is 13.1. The molecule has 1 aromatic carbocycles. The zero-order chi connectivity index (χ0) is 25.6. The van der Waals surface area contributed by atoms with Crippen molar-refractivity contribution in [3.05, 3.63) is 41.7 Å². The van der Waals surface area contributed by atoms with Crippen LogP contribution in [0.5, 0.6) is 0 Å². The fourth-order valence-electron chi connectivity index (χ4n) is 4.13. The number of amides is 1. The third kappa shape index (κ3) is 4.20. The van der Waals surface area contributed by atoms with E-state index in [1.807, 2.05) is 19.2 Å². The summed E-state index contributed by atoms with van der Waals surface area (Å²) in [5.41, 5.74) is 4.16. The number of hydrogen-bond donors (Lipinski definition) is 1. The van der Waals surface area contributed by atoms with E-state index in [2.05, 4.69) is 38.4 Å². The summed E-state index contributed by atoms with van der Waals surface area (Å²) in [6.45, 7) is 1.13. The first-order chi connectivity index (χ1) is 17.1. The van der Waals surface area contributed by atoms with Crippen LogP contribution in [0.2, 0.25) is 0 Å². The monoisotopic (exact) mass is 509 g/mol. The number of carbonyl (C=O) groups excluding carboxylic acids is 2. The molecule has 3 aromatic rings. The van der Waals surface area contributed by atoms with Gasteiger partial charge in [0, 0.05) is 0 Å². The van der Waals surface area contributed by atoms with E-state index in [0.717, 1.165) is 50.7 Å². The molecule has 3 heterocycles. The van der Waals surface area contributed by atoms with Gasteiger partial charge in [0.1, 0.15) is 0 Å². The normalized spacial score (nSPS) is 16.7. The minimum absolute atomic E-state index is 0.0172. The molecule has 33 heavy (non-hydrogen) atoms. The molecule has 0 spiro atoms. The first kappa shape index (κ1) is 18.4. The standard InChI is InChI=1S/C24H27AsN6O2/c1-4-20(32)16-12-26-21(27-24(33)14-9-10-14)11-18(16)25-17-8-6-7-15-22-19(28-30(3)29-22)13-31(5-2)23(15)17/h6-8,11-12,14,25H,4-5,9-10,13H2,1-3H3,(H,26,27,33)/i1D3. The van der Waals surface area contributed by atoms with Crippen LogP contribution in [0.3, 0.4) is 0 Å². The number of carbonyl (C=O) groups is 2. The Morgan fingerprint density at radius 1 is 1.27 bits per heavy atom. The number of para-hydroxylation sites is 1. The molecule has 8 nitrogen and oxygen atoms in total. The number of nitrogens with zero attached hydrogens (tertiary/aromatic N) is 5. The molecule has 0 bridgehead atoms. The Labute approximate surface area is 203 Å². The Bertz CT molecular complexity index is 1350. The van der Waals surface area contributed by atoms with E-state index in [9.17, 15) is 9.59 Å². The van der Waals surface area contributed by atoms with E-state index < -0.39 is 34.8 Å². The predicted octanol–water partition coefficient (Wildman–Crippen LogP) is 1.55. The number of ketones is 1. The number of nitrogens with one attached hydrogen (secondary N) is 1. The number of hydrogen-bond acceptors (Lipinski definition) is 6. The number of pyridine rings is 1. The third-order valence-electron chi connectivity index (χ3n) is 5.95. The predicted molar refractivity (Wildman–Crippen MR) is 130 cm³/mol. The maximum atomic E-state index is 13.0. The number of aryl methyl sites for hydroxylation is 1. The molecule has 1 atom stereocenters. The second kappa shape index (κ2) is 8.75. The second-order valence-electron chi connectivity index (χ2n) is 8.30. The van der Waals surface area contributed by atoms with Crippen molar-refractivity contribution in [1.29, 1.82) is 0 Å². The summed E-state index contributed by atoms with van der Waals surface area (Å²) in [5, 5.41) is 12.0. The fraction of sp³-hybridized carbons (Fsp3) is 0.375. The molecule has 0 saturated heterocycles. The third-order valence-corrected chi connectivity index (χ3v) is 8.79. The number of anilines is 2. The van der Waals surface area contributed by atoms with Crippen LogP contribution in [0.1, 0.15) is 53.2 Å². The average molecular weight is 509 g/mol. The molecule has 1 aliphatic carbocycles. The summed E-state index contributed by atoms with van der Waals surface area (Å²) in [4.78, 5) is 33.5. The van der Waals surface area contributed by atoms with Crippen LogP contribution in [0.25, 0.3) is 11.3 Å². The van der Waals surface area contributed by atoms with Gasteiger partial charge in [0.25, 0.3) is 0 Å². The van der Waals surface area contributed by atoms with Crippen molar-refractivity contribution >= 4 is 47.7 Å². The molecule has 170 valence electrons. The van der Waals surface area contributed by atoms with Gasteiger partial charge in [-0.3, -0.25) is 0 Å². The topological polar surface area (TPSA) is 93.0 Å². The molecule has 2 aliphatic rings. The Kier molecular flexibility index (Phi) is 4.89. The summed E-state index contributed by atoms with van der Waals surface area (Å²) >= 11 is -1.12. The maximum absolute atomic E-state index is 13.0. The van der Waals surface area contributed by atoms with Gasteiger partial charge in [-0.05, 0) is 0 Å². The van der Waals surface area contributed by atoms with Crippen LogP contribution < -0.4 is 18.9 Å². The van der Waals surface area contributed by atoms with Crippen LogP contribution in [0.15, 0.2) is 30.5 Å². The minimum atomic E-state index is -2.37. The van der Waals surface area contributed by atoms with Gasteiger partial charge in [0.05, 0.1) is 0 Å². The quantitative estimate of drug-likeness (QED) is 0.384. The van der Waals surface area contributed by atoms with Crippen molar-refractivity contribution in [2.45, 2.75) is 39.6 Å². The summed E-state index contributed by atoms with van der Waals surface area (Å²) in [7, 11) is 1.81. The molecular weight excluding hydrogens is 479 g/mol. The van der Waals surface area contributed by atoms with Gasteiger partial charge in [-0.2, -0.15) is 0 Å². The van der Waals surface area contributed by atoms with Crippen LogP contribution in [0, 0.1) is 5.92 Å². The van der Waals surface area contributed by atoms with Crippen molar-refractivity contribution in [2.24, 2.45) is 13.0 Å². The molecule has 0 radical (unpaired) electrons. The fourth-order valence-corrected chi connectivity index (χ4v) is 7.13. The van der Waals surface area contributed by atoms with E-state index in [-0.39, 0.29) is 11.8 Å². The van der Waals surface area contributed by atoms with E-state index in [0.29, 0.717) is 17.9 Å². The SMILES string of the molecule is [2H]C([2H])([2H])CC(=O)c1cnc(NC(=O)C2CC2)cc1[AsH]c1cccc2c1N(CC)Cc1nn(C)nc1-2. The Morgan fingerprint density at radius 2 is 2.12 bits per heavy atom. The van der Waals surface area contributed by atoms with Gasteiger partial charge < -0.3 is 0 Å². The average Bonchev–Trinajstić information content (AvgIpc) is 3.59. The Balaban J connectivity index is 1.56.